The van der Waals surface area contributed by atoms with Gasteiger partial charge in [0.05, 0.1) is 30.6 Å². The summed E-state index contributed by atoms with van der Waals surface area (Å²) >= 11 is 1.09. The molecule has 0 saturated carbocycles. The second kappa shape index (κ2) is 10.1. The van der Waals surface area contributed by atoms with Crippen LogP contribution in [0.15, 0.2) is 52.5 Å². The van der Waals surface area contributed by atoms with Crippen LogP contribution in [0.1, 0.15) is 0 Å². The van der Waals surface area contributed by atoms with Gasteiger partial charge in [-0.15, -0.1) is 10.2 Å². The predicted octanol–water partition coefficient (Wildman–Crippen LogP) is 1.66. The number of hydrogen-bond acceptors (Lipinski definition) is 9. The molecule has 13 heteroatoms. The van der Waals surface area contributed by atoms with Gasteiger partial charge in [-0.25, -0.2) is 17.4 Å². The molecular formula is C20H24N6O5S2. The molecule has 0 unspecified atom stereocenters. The average molecular weight is 493 g/mol. The Morgan fingerprint density at radius 3 is 2.58 bits per heavy atom. The first-order valence-corrected chi connectivity index (χ1v) is 12.0. The highest BCUT2D eigenvalue weighted by Gasteiger charge is 2.20. The van der Waals surface area contributed by atoms with E-state index in [4.69, 9.17) is 15.3 Å². The molecule has 2 aromatic carbocycles. The third-order valence-electron chi connectivity index (χ3n) is 4.55. The highest BCUT2D eigenvalue weighted by atomic mass is 32.2. The molecule has 1 amide bonds. The van der Waals surface area contributed by atoms with Crippen LogP contribution in [0, 0.1) is 0 Å². The van der Waals surface area contributed by atoms with E-state index in [1.54, 1.807) is 30.3 Å². The standard InChI is InChI=1S/C20H24N6O5S2/c1-25(2)33(28,29)15-7-5-6-13(10-15)19-23-24-20(26(19)21)32-12-18(27)22-16-9-8-14(30-3)11-17(16)31-4/h5-11H,12,21H2,1-4H3,(H,22,27). The lowest BCUT2D eigenvalue weighted by molar-refractivity contribution is -0.113. The molecule has 3 N–H and O–H groups in total. The summed E-state index contributed by atoms with van der Waals surface area (Å²) in [6.45, 7) is 0. The topological polar surface area (TPSA) is 142 Å². The Balaban J connectivity index is 1.72. The van der Waals surface area contributed by atoms with E-state index >= 15 is 0 Å². The van der Waals surface area contributed by atoms with Gasteiger partial charge in [0, 0.05) is 25.7 Å². The van der Waals surface area contributed by atoms with E-state index in [1.165, 1.54) is 45.1 Å². The molecule has 3 aromatic rings. The number of ether oxygens (including phenoxy) is 2. The largest absolute Gasteiger partial charge is 0.497 e. The molecule has 1 heterocycles. The van der Waals surface area contributed by atoms with Crippen LogP contribution in [0.2, 0.25) is 0 Å². The number of benzene rings is 2. The Hall–Kier alpha value is -3.29. The van der Waals surface area contributed by atoms with Crippen LogP contribution in [0.5, 0.6) is 11.5 Å². The zero-order valence-electron chi connectivity index (χ0n) is 18.5. The molecule has 0 aliphatic carbocycles. The minimum Gasteiger partial charge on any atom is -0.497 e. The van der Waals surface area contributed by atoms with Crippen molar-refractivity contribution >= 4 is 33.4 Å². The van der Waals surface area contributed by atoms with Gasteiger partial charge in [-0.3, -0.25) is 4.79 Å². The average Bonchev–Trinajstić information content (AvgIpc) is 3.18. The van der Waals surface area contributed by atoms with Gasteiger partial charge in [0.25, 0.3) is 0 Å². The second-order valence-electron chi connectivity index (χ2n) is 6.89. The first-order chi connectivity index (χ1) is 15.7. The van der Waals surface area contributed by atoms with Crippen molar-refractivity contribution < 1.29 is 22.7 Å². The van der Waals surface area contributed by atoms with Gasteiger partial charge in [0.15, 0.2) is 5.82 Å². The van der Waals surface area contributed by atoms with E-state index < -0.39 is 10.0 Å². The van der Waals surface area contributed by atoms with E-state index in [0.717, 1.165) is 16.1 Å². The maximum atomic E-state index is 12.4. The van der Waals surface area contributed by atoms with Crippen LogP contribution >= 0.6 is 11.8 Å². The van der Waals surface area contributed by atoms with Gasteiger partial charge in [0.2, 0.25) is 21.1 Å². The second-order valence-corrected chi connectivity index (χ2v) is 9.99. The summed E-state index contributed by atoms with van der Waals surface area (Å²) in [4.78, 5) is 12.5. The Morgan fingerprint density at radius 2 is 1.91 bits per heavy atom. The van der Waals surface area contributed by atoms with E-state index in [-0.39, 0.29) is 22.4 Å². The number of nitrogens with one attached hydrogen (secondary N) is 1. The summed E-state index contributed by atoms with van der Waals surface area (Å²) in [5.74, 6) is 7.16. The monoisotopic (exact) mass is 492 g/mol. The fraction of sp³-hybridized carbons (Fsp3) is 0.250. The summed E-state index contributed by atoms with van der Waals surface area (Å²) in [5.41, 5.74) is 0.977. The Bertz CT molecular complexity index is 1260. The Morgan fingerprint density at radius 1 is 1.15 bits per heavy atom. The van der Waals surface area contributed by atoms with Crippen molar-refractivity contribution in [3.05, 3.63) is 42.5 Å². The fourth-order valence-electron chi connectivity index (χ4n) is 2.80. The third kappa shape index (κ3) is 5.38. The molecular weight excluding hydrogens is 468 g/mol. The molecule has 11 nitrogen and oxygen atoms in total. The summed E-state index contributed by atoms with van der Waals surface area (Å²) in [7, 11) is 2.33. The van der Waals surface area contributed by atoms with E-state index in [9.17, 15) is 13.2 Å². The van der Waals surface area contributed by atoms with Crippen molar-refractivity contribution in [2.45, 2.75) is 10.1 Å². The minimum absolute atomic E-state index is 0.0135. The zero-order valence-corrected chi connectivity index (χ0v) is 20.1. The van der Waals surface area contributed by atoms with Gasteiger partial charge in [-0.1, -0.05) is 23.9 Å². The summed E-state index contributed by atoms with van der Waals surface area (Å²) in [6, 6.07) is 11.3. The van der Waals surface area contributed by atoms with Crippen LogP contribution in [0.4, 0.5) is 5.69 Å². The van der Waals surface area contributed by atoms with Crippen molar-refractivity contribution in [1.82, 2.24) is 19.2 Å². The number of carbonyl (C=O) groups is 1. The molecule has 0 spiro atoms. The van der Waals surface area contributed by atoms with Crippen molar-refractivity contribution in [3.63, 3.8) is 0 Å². The first-order valence-electron chi connectivity index (χ1n) is 9.55. The highest BCUT2D eigenvalue weighted by Crippen LogP contribution is 2.29. The lowest BCUT2D eigenvalue weighted by Crippen LogP contribution is -2.22. The maximum absolute atomic E-state index is 12.4. The lowest BCUT2D eigenvalue weighted by atomic mass is 10.2. The molecule has 0 saturated heterocycles. The maximum Gasteiger partial charge on any atom is 0.242 e. The number of nitrogens with zero attached hydrogens (tertiary/aromatic N) is 4. The molecule has 0 aliphatic rings. The van der Waals surface area contributed by atoms with E-state index in [1.807, 2.05) is 0 Å². The van der Waals surface area contributed by atoms with Crippen molar-refractivity contribution in [2.24, 2.45) is 0 Å². The van der Waals surface area contributed by atoms with E-state index in [2.05, 4.69) is 15.5 Å². The van der Waals surface area contributed by atoms with Crippen LogP contribution in [0.3, 0.4) is 0 Å². The number of hydrogen-bond donors (Lipinski definition) is 2. The lowest BCUT2D eigenvalue weighted by Gasteiger charge is -2.12. The number of thioether (sulfide) groups is 1. The third-order valence-corrected chi connectivity index (χ3v) is 7.30. The Kier molecular flexibility index (Phi) is 7.46. The number of nitrogens with two attached hydrogens (primary N) is 1. The fourth-order valence-corrected chi connectivity index (χ4v) is 4.40. The number of rotatable bonds is 9. The van der Waals surface area contributed by atoms with Crippen LogP contribution in [-0.2, 0) is 14.8 Å². The summed E-state index contributed by atoms with van der Waals surface area (Å²) < 4.78 is 37.6. The van der Waals surface area contributed by atoms with Crippen molar-refractivity contribution in [2.75, 3.05) is 45.2 Å². The number of anilines is 1. The molecule has 176 valence electrons. The number of aromatic nitrogens is 3. The zero-order chi connectivity index (χ0) is 24.2. The molecule has 0 bridgehead atoms. The van der Waals surface area contributed by atoms with Gasteiger partial charge in [-0.2, -0.15) is 0 Å². The van der Waals surface area contributed by atoms with Gasteiger partial charge in [0.1, 0.15) is 11.5 Å². The van der Waals surface area contributed by atoms with Gasteiger partial charge < -0.3 is 20.6 Å². The number of amides is 1. The summed E-state index contributed by atoms with van der Waals surface area (Å²) in [6.07, 6.45) is 0. The minimum atomic E-state index is -3.62. The number of sulfonamides is 1. The molecule has 0 fully saturated rings. The smallest absolute Gasteiger partial charge is 0.242 e. The van der Waals surface area contributed by atoms with Gasteiger partial charge in [-0.05, 0) is 24.3 Å². The Labute approximate surface area is 195 Å². The number of methoxy groups -OCH3 is 2. The van der Waals surface area contributed by atoms with Crippen LogP contribution in [0.25, 0.3) is 11.4 Å². The van der Waals surface area contributed by atoms with Gasteiger partial charge >= 0.3 is 0 Å². The van der Waals surface area contributed by atoms with Crippen LogP contribution < -0.4 is 20.6 Å². The molecule has 0 atom stereocenters. The normalized spacial score (nSPS) is 11.4. The summed E-state index contributed by atoms with van der Waals surface area (Å²) in [5, 5.41) is 11.1. The van der Waals surface area contributed by atoms with Crippen molar-refractivity contribution in [3.8, 4) is 22.9 Å². The predicted molar refractivity (Wildman–Crippen MR) is 125 cm³/mol. The quantitative estimate of drug-likeness (QED) is 0.337. The van der Waals surface area contributed by atoms with E-state index in [0.29, 0.717) is 27.9 Å². The van der Waals surface area contributed by atoms with Crippen molar-refractivity contribution in [1.29, 1.82) is 0 Å². The molecule has 0 aliphatic heterocycles. The molecule has 1 aromatic heterocycles. The first kappa shape index (κ1) is 24.4. The van der Waals surface area contributed by atoms with Crippen LogP contribution in [-0.4, -0.2) is 67.6 Å². The SMILES string of the molecule is COc1ccc(NC(=O)CSc2nnc(-c3cccc(S(=O)(=O)N(C)C)c3)n2N)c(OC)c1. The molecule has 3 rings (SSSR count). The molecule has 0 radical (unpaired) electrons. The molecule has 33 heavy (non-hydrogen) atoms. The number of nitrogen functional groups attached to an aromatic ring is 1. The number of carbonyl (C=O) groups excluding carboxylic acids is 1. The highest BCUT2D eigenvalue weighted by molar-refractivity contribution is 7.99.